The average Bonchev–Trinajstić information content (AvgIpc) is 3.73. The number of esters is 2. The summed E-state index contributed by atoms with van der Waals surface area (Å²) in [6, 6.07) is 17.5. The zero-order chi connectivity index (χ0) is 42.4. The molecule has 0 saturated carbocycles. The number of carbonyl (C=O) groups is 4. The summed E-state index contributed by atoms with van der Waals surface area (Å²) in [5, 5.41) is 0. The van der Waals surface area contributed by atoms with E-state index >= 15 is 0 Å². The maximum Gasteiger partial charge on any atom is 2.00 e. The van der Waals surface area contributed by atoms with E-state index < -0.39 is 55.0 Å². The summed E-state index contributed by atoms with van der Waals surface area (Å²) in [7, 11) is -6.67. The molecule has 3 aromatic rings. The molecule has 4 rings (SSSR count). The fourth-order valence-electron chi connectivity index (χ4n) is 3.84. The van der Waals surface area contributed by atoms with Gasteiger partial charge in [-0.2, -0.15) is 26.3 Å². The first kappa shape index (κ1) is 51.3. The van der Waals surface area contributed by atoms with Crippen LogP contribution in [0.15, 0.2) is 66.7 Å². The van der Waals surface area contributed by atoms with Crippen molar-refractivity contribution in [1.29, 1.82) is 0 Å². The summed E-state index contributed by atoms with van der Waals surface area (Å²) in [5.74, 6) is -2.22. The molecule has 1 fully saturated rings. The molecule has 25 heteroatoms. The summed E-state index contributed by atoms with van der Waals surface area (Å²) in [6.45, 7) is 2.00. The predicted octanol–water partition coefficient (Wildman–Crippen LogP) is 4.11. The van der Waals surface area contributed by atoms with Gasteiger partial charge in [0, 0.05) is 27.3 Å². The molecule has 56 heavy (non-hydrogen) atoms. The van der Waals surface area contributed by atoms with Gasteiger partial charge in [0.25, 0.3) is 11.8 Å². The molecule has 2 amide bonds. The van der Waals surface area contributed by atoms with Crippen LogP contribution >= 0.6 is 0 Å². The van der Waals surface area contributed by atoms with Gasteiger partial charge >= 0.3 is 40.0 Å². The molecule has 0 unspecified atom stereocenters. The zero-order valence-corrected chi connectivity index (χ0v) is 32.0. The SMILES string of the molecule is C1CCOC1.COC(=O)c1ccccc1N(C)C(=O)c1cccc(C(=O)N(C)c2ccccc2C(=O)OC)n1.O=S(=O)([O-])C(F)(F)F.O=S(=O)([O-])C(F)(F)F.[Fe+2]. The molecule has 0 spiro atoms. The van der Waals surface area contributed by atoms with Gasteiger partial charge in [0.15, 0.2) is 20.2 Å². The quantitative estimate of drug-likeness (QED) is 0.112. The number of hydrogen-bond donors (Lipinski definition) is 0. The smallest absolute Gasteiger partial charge is 0.741 e. The Kier molecular flexibility index (Phi) is 20.3. The van der Waals surface area contributed by atoms with E-state index in [-0.39, 0.29) is 39.6 Å². The minimum absolute atomic E-state index is 0. The van der Waals surface area contributed by atoms with Crippen molar-refractivity contribution in [2.24, 2.45) is 0 Å². The van der Waals surface area contributed by atoms with Crippen LogP contribution in [0.3, 0.4) is 0 Å². The molecule has 2 aromatic carbocycles. The van der Waals surface area contributed by atoms with E-state index in [4.69, 9.17) is 40.2 Å². The molecular formula is C31H31F6FeN3O13S2. The number of alkyl halides is 6. The van der Waals surface area contributed by atoms with Crippen LogP contribution in [0.4, 0.5) is 37.7 Å². The van der Waals surface area contributed by atoms with Crippen molar-refractivity contribution in [2.75, 3.05) is 51.3 Å². The molecule has 0 N–H and O–H groups in total. The Balaban J connectivity index is 0.00000111. The van der Waals surface area contributed by atoms with E-state index in [1.807, 2.05) is 0 Å². The van der Waals surface area contributed by atoms with Gasteiger partial charge in [-0.15, -0.1) is 0 Å². The van der Waals surface area contributed by atoms with Crippen LogP contribution in [0.25, 0.3) is 0 Å². The Morgan fingerprint density at radius 2 is 0.946 bits per heavy atom. The number of methoxy groups -OCH3 is 2. The molecular weight excluding hydrogens is 856 g/mol. The van der Waals surface area contributed by atoms with Gasteiger partial charge in [-0.25, -0.2) is 31.4 Å². The number of rotatable bonds is 6. The van der Waals surface area contributed by atoms with E-state index in [0.717, 1.165) is 13.2 Å². The van der Waals surface area contributed by atoms with Crippen LogP contribution in [0.1, 0.15) is 54.5 Å². The molecule has 0 radical (unpaired) electrons. The molecule has 1 aliphatic rings. The molecule has 0 atom stereocenters. The number of nitrogens with zero attached hydrogens (tertiary/aromatic N) is 3. The Morgan fingerprint density at radius 1 is 0.643 bits per heavy atom. The number of amides is 2. The number of anilines is 2. The third-order valence-electron chi connectivity index (χ3n) is 6.53. The fraction of sp³-hybridized carbons (Fsp3) is 0.323. The number of aromatic nitrogens is 1. The van der Waals surface area contributed by atoms with Crippen LogP contribution in [-0.2, 0) is 51.5 Å². The molecule has 1 saturated heterocycles. The van der Waals surface area contributed by atoms with Crippen LogP contribution in [0.5, 0.6) is 0 Å². The van der Waals surface area contributed by atoms with Crippen molar-refractivity contribution in [1.82, 2.24) is 4.98 Å². The van der Waals surface area contributed by atoms with E-state index in [1.54, 1.807) is 48.5 Å². The Bertz CT molecular complexity index is 1890. The topological polar surface area (TPSA) is 230 Å². The Hall–Kier alpha value is -4.65. The third kappa shape index (κ3) is 15.5. The van der Waals surface area contributed by atoms with E-state index in [2.05, 4.69) is 4.98 Å². The van der Waals surface area contributed by atoms with Gasteiger partial charge in [-0.3, -0.25) is 9.59 Å². The Morgan fingerprint density at radius 3 is 1.20 bits per heavy atom. The second-order valence-electron chi connectivity index (χ2n) is 10.3. The minimum Gasteiger partial charge on any atom is -0.741 e. The Labute approximate surface area is 326 Å². The maximum atomic E-state index is 13.1. The van der Waals surface area contributed by atoms with Crippen molar-refractivity contribution < 1.29 is 103 Å². The molecule has 0 bridgehead atoms. The fourth-order valence-corrected chi connectivity index (χ4v) is 3.84. The minimum atomic E-state index is -6.09. The second-order valence-corrected chi connectivity index (χ2v) is 13.0. The van der Waals surface area contributed by atoms with Crippen molar-refractivity contribution >= 4 is 55.4 Å². The largest absolute Gasteiger partial charge is 2.00 e. The summed E-state index contributed by atoms with van der Waals surface area (Å²) >= 11 is 0. The molecule has 1 aromatic heterocycles. The first-order valence-corrected chi connectivity index (χ1v) is 17.6. The molecule has 310 valence electrons. The van der Waals surface area contributed by atoms with E-state index in [0.29, 0.717) is 11.4 Å². The van der Waals surface area contributed by atoms with E-state index in [9.17, 15) is 45.5 Å². The predicted molar refractivity (Wildman–Crippen MR) is 177 cm³/mol. The van der Waals surface area contributed by atoms with Crippen LogP contribution < -0.4 is 9.80 Å². The van der Waals surface area contributed by atoms with Crippen molar-refractivity contribution in [2.45, 2.75) is 23.9 Å². The number of ether oxygens (including phenoxy) is 3. The van der Waals surface area contributed by atoms with Gasteiger partial charge in [0.2, 0.25) is 0 Å². The van der Waals surface area contributed by atoms with Gasteiger partial charge in [0.1, 0.15) is 11.4 Å². The first-order valence-electron chi connectivity index (χ1n) is 14.8. The van der Waals surface area contributed by atoms with Gasteiger partial charge in [0.05, 0.1) is 36.7 Å². The van der Waals surface area contributed by atoms with Gasteiger partial charge in [-0.1, -0.05) is 30.3 Å². The number of pyridine rings is 1. The number of halogens is 6. The number of carbonyl (C=O) groups excluding carboxylic acids is 4. The number of para-hydroxylation sites is 2. The standard InChI is InChI=1S/C25H23N3O6.C4H8O.2CHF3O3S.Fe/c1-27(20-14-7-5-10-16(20)24(31)33-3)22(29)18-12-9-13-19(26-18)23(30)28(2)21-15-8-6-11-17(21)25(32)34-4;1-2-4-5-3-1;2*2-1(3,4)8(5,6)7;/h5-15H,1-4H3;1-4H2;2*(H,5,6,7);/q;;;;+2/p-2. The molecule has 1 aliphatic heterocycles. The summed E-state index contributed by atoms with van der Waals surface area (Å²) in [5.41, 5.74) is -10.2. The van der Waals surface area contributed by atoms with Crippen LogP contribution in [0.2, 0.25) is 0 Å². The average molecular weight is 888 g/mol. The normalized spacial score (nSPS) is 12.4. The molecule has 16 nitrogen and oxygen atoms in total. The molecule has 2 heterocycles. The monoisotopic (exact) mass is 887 g/mol. The maximum absolute atomic E-state index is 13.1. The number of benzene rings is 2. The summed E-state index contributed by atoms with van der Waals surface area (Å²) in [4.78, 5) is 57.2. The van der Waals surface area contributed by atoms with Crippen LogP contribution in [-0.4, -0.2) is 107 Å². The number of hydrogen-bond acceptors (Lipinski definition) is 14. The van der Waals surface area contributed by atoms with Crippen LogP contribution in [0, 0.1) is 0 Å². The van der Waals surface area contributed by atoms with Crippen molar-refractivity contribution in [3.8, 4) is 0 Å². The second kappa shape index (κ2) is 22.2. The summed E-state index contributed by atoms with van der Waals surface area (Å²) < 4.78 is 132. The summed E-state index contributed by atoms with van der Waals surface area (Å²) in [6.07, 6.45) is 2.56. The van der Waals surface area contributed by atoms with Crippen molar-refractivity contribution in [3.05, 3.63) is 89.2 Å². The van der Waals surface area contributed by atoms with Gasteiger partial charge in [-0.05, 0) is 49.2 Å². The van der Waals surface area contributed by atoms with Crippen molar-refractivity contribution in [3.63, 3.8) is 0 Å². The third-order valence-corrected chi connectivity index (χ3v) is 7.67. The first-order chi connectivity index (χ1) is 25.3. The molecule has 0 aliphatic carbocycles. The van der Waals surface area contributed by atoms with Gasteiger partial charge < -0.3 is 33.1 Å². The zero-order valence-electron chi connectivity index (χ0n) is 29.3. The van der Waals surface area contributed by atoms with E-state index in [1.165, 1.54) is 69.2 Å².